The zero-order chi connectivity index (χ0) is 23.4. The van der Waals surface area contributed by atoms with E-state index < -0.39 is 5.41 Å². The average Bonchev–Trinajstić information content (AvgIpc) is 3.25. The lowest BCUT2D eigenvalue weighted by Gasteiger charge is -2.27. The summed E-state index contributed by atoms with van der Waals surface area (Å²) in [5, 5.41) is 6.31. The zero-order valence-electron chi connectivity index (χ0n) is 19.8. The third-order valence-corrected chi connectivity index (χ3v) is 5.97. The van der Waals surface area contributed by atoms with E-state index in [0.717, 1.165) is 38.8 Å². The second kappa shape index (κ2) is 7.55. The molecule has 0 spiro atoms. The molecular weight excluding hydrogens is 405 g/mol. The van der Waals surface area contributed by atoms with Crippen LogP contribution in [-0.2, 0) is 10.2 Å². The summed E-state index contributed by atoms with van der Waals surface area (Å²) in [6, 6.07) is 10.6. The molecule has 2 heterocycles. The molecule has 0 fully saturated rings. The Morgan fingerprint density at radius 1 is 1.06 bits per heavy atom. The van der Waals surface area contributed by atoms with Crippen LogP contribution < -0.4 is 0 Å². The van der Waals surface area contributed by atoms with Crippen LogP contribution in [0.3, 0.4) is 0 Å². The number of fused-ring (bicyclic) bond motifs is 2. The van der Waals surface area contributed by atoms with Gasteiger partial charge in [-0.3, -0.25) is 4.79 Å². The highest BCUT2D eigenvalue weighted by Crippen LogP contribution is 2.39. The van der Waals surface area contributed by atoms with E-state index >= 15 is 0 Å². The molecule has 168 valence electrons. The lowest BCUT2D eigenvalue weighted by Crippen LogP contribution is -2.27. The number of hydrogen-bond acceptors (Lipinski definition) is 3. The van der Waals surface area contributed by atoms with Gasteiger partial charge in [-0.2, -0.15) is 9.78 Å². The van der Waals surface area contributed by atoms with Crippen molar-refractivity contribution in [2.45, 2.75) is 47.0 Å². The fourth-order valence-corrected chi connectivity index (χ4v) is 4.54. The molecule has 0 aliphatic rings. The number of halogens is 1. The molecule has 0 radical (unpaired) electrons. The van der Waals surface area contributed by atoms with Crippen molar-refractivity contribution in [1.29, 1.82) is 0 Å². The van der Waals surface area contributed by atoms with Crippen LogP contribution in [0.25, 0.3) is 27.5 Å². The van der Waals surface area contributed by atoms with Crippen LogP contribution in [0.2, 0.25) is 0 Å². The van der Waals surface area contributed by atoms with Crippen molar-refractivity contribution in [3.05, 3.63) is 59.7 Å². The monoisotopic (exact) mass is 435 g/mol. The first-order chi connectivity index (χ1) is 15.0. The Kier molecular flexibility index (Phi) is 5.24. The second-order valence-electron chi connectivity index (χ2n) is 10.1. The van der Waals surface area contributed by atoms with Gasteiger partial charge in [0.1, 0.15) is 5.82 Å². The van der Waals surface area contributed by atoms with Gasteiger partial charge >= 0.3 is 0 Å². The van der Waals surface area contributed by atoms with Gasteiger partial charge in [-0.15, -0.1) is 0 Å². The average molecular weight is 436 g/mol. The van der Waals surface area contributed by atoms with Crippen LogP contribution in [0.1, 0.15) is 50.7 Å². The maximum Gasteiger partial charge on any atom is 0.252 e. The van der Waals surface area contributed by atoms with Crippen molar-refractivity contribution in [3.63, 3.8) is 0 Å². The number of carbonyl (C=O) groups is 1. The van der Waals surface area contributed by atoms with Gasteiger partial charge in [-0.1, -0.05) is 34.6 Å². The Hall–Kier alpha value is -2.99. The van der Waals surface area contributed by atoms with Crippen molar-refractivity contribution < 1.29 is 13.9 Å². The Labute approximate surface area is 187 Å². The predicted octanol–water partition coefficient (Wildman–Crippen LogP) is 6.04. The summed E-state index contributed by atoms with van der Waals surface area (Å²) < 4.78 is 22.9. The number of nitrogens with zero attached hydrogens (tertiary/aromatic N) is 3. The van der Waals surface area contributed by atoms with Crippen molar-refractivity contribution in [2.24, 2.45) is 5.41 Å². The van der Waals surface area contributed by atoms with Crippen LogP contribution in [-0.4, -0.2) is 34.0 Å². The molecule has 2 aromatic heterocycles. The Morgan fingerprint density at radius 3 is 2.31 bits per heavy atom. The van der Waals surface area contributed by atoms with E-state index in [-0.39, 0.29) is 17.1 Å². The van der Waals surface area contributed by atoms with Gasteiger partial charge in [-0.05, 0) is 48.9 Å². The van der Waals surface area contributed by atoms with Crippen LogP contribution in [0, 0.1) is 18.2 Å². The van der Waals surface area contributed by atoms with Gasteiger partial charge < -0.3 is 9.30 Å². The first kappa shape index (κ1) is 22.2. The number of hydrogen-bond donors (Lipinski definition) is 0. The van der Waals surface area contributed by atoms with Crippen LogP contribution in [0.15, 0.2) is 42.6 Å². The highest BCUT2D eigenvalue weighted by Gasteiger charge is 2.31. The molecule has 0 N–H and O–H groups in total. The first-order valence-corrected chi connectivity index (χ1v) is 10.8. The molecule has 0 saturated heterocycles. The number of rotatable bonds is 4. The smallest absolute Gasteiger partial charge is 0.252 e. The molecule has 2 aromatic carbocycles. The topological polar surface area (TPSA) is 49.1 Å². The van der Waals surface area contributed by atoms with E-state index in [1.165, 1.54) is 16.8 Å². The number of benzene rings is 2. The largest absolute Gasteiger partial charge is 0.384 e. The normalized spacial score (nSPS) is 12.8. The van der Waals surface area contributed by atoms with Crippen molar-refractivity contribution in [1.82, 2.24) is 14.3 Å². The van der Waals surface area contributed by atoms with E-state index in [2.05, 4.69) is 36.5 Å². The third-order valence-electron chi connectivity index (χ3n) is 5.97. The van der Waals surface area contributed by atoms with Gasteiger partial charge in [0.05, 0.1) is 23.8 Å². The summed E-state index contributed by atoms with van der Waals surface area (Å²) in [6.45, 7) is 12.6. The van der Waals surface area contributed by atoms with Crippen molar-refractivity contribution in [2.75, 3.05) is 13.7 Å². The molecule has 0 atom stereocenters. The number of carbonyl (C=O) groups excluding carboxylic acids is 1. The minimum Gasteiger partial charge on any atom is -0.384 e. The number of aryl methyl sites for hydroxylation is 1. The summed E-state index contributed by atoms with van der Waals surface area (Å²) in [5.74, 6) is -0.327. The maximum atomic E-state index is 13.7. The minimum atomic E-state index is -0.547. The quantitative estimate of drug-likeness (QED) is 0.393. The summed E-state index contributed by atoms with van der Waals surface area (Å²) >= 11 is 0. The number of methoxy groups -OCH3 is 1. The SMILES string of the molecule is COCC(C)(C)c1c(C)c2cc3c(cnn3C(=O)C(C)(C)C)cc2n1-c1ccc(F)cc1. The van der Waals surface area contributed by atoms with E-state index in [1.54, 1.807) is 25.4 Å². The lowest BCUT2D eigenvalue weighted by molar-refractivity contribution is 0.0755. The Morgan fingerprint density at radius 2 is 1.72 bits per heavy atom. The predicted molar refractivity (Wildman–Crippen MR) is 126 cm³/mol. The molecule has 4 aromatic rings. The molecule has 0 aliphatic heterocycles. The van der Waals surface area contributed by atoms with Crippen molar-refractivity contribution >= 4 is 27.7 Å². The van der Waals surface area contributed by atoms with Gasteiger partial charge in [0.25, 0.3) is 5.91 Å². The molecular formula is C26H30FN3O2. The highest BCUT2D eigenvalue weighted by molar-refractivity contribution is 6.02. The molecule has 0 aliphatic carbocycles. The third kappa shape index (κ3) is 3.52. The summed E-state index contributed by atoms with van der Waals surface area (Å²) in [7, 11) is 1.70. The number of ether oxygens (including phenoxy) is 1. The first-order valence-electron chi connectivity index (χ1n) is 10.8. The van der Waals surface area contributed by atoms with Crippen LogP contribution in [0.5, 0.6) is 0 Å². The van der Waals surface area contributed by atoms with Gasteiger partial charge in [0, 0.05) is 40.1 Å². The fourth-order valence-electron chi connectivity index (χ4n) is 4.54. The standard InChI is InChI=1S/C26H30FN3O2/c1-16-20-13-21-17(14-28-30(21)24(31)25(2,3)4)12-22(20)29(19-10-8-18(27)9-11-19)23(16)26(5,6)15-32-7/h8-14H,15H2,1-7H3. The van der Waals surface area contributed by atoms with Crippen molar-refractivity contribution in [3.8, 4) is 5.69 Å². The summed E-state index contributed by atoms with van der Waals surface area (Å²) in [4.78, 5) is 13.0. The summed E-state index contributed by atoms with van der Waals surface area (Å²) in [5.41, 5.74) is 4.00. The molecule has 6 heteroatoms. The van der Waals surface area contributed by atoms with Gasteiger partial charge in [0.2, 0.25) is 0 Å². The molecule has 0 amide bonds. The van der Waals surface area contributed by atoms with E-state index in [1.807, 2.05) is 26.8 Å². The van der Waals surface area contributed by atoms with E-state index in [9.17, 15) is 9.18 Å². The molecule has 0 bridgehead atoms. The van der Waals surface area contributed by atoms with Gasteiger partial charge in [-0.25, -0.2) is 4.39 Å². The van der Waals surface area contributed by atoms with Crippen LogP contribution >= 0.6 is 0 Å². The van der Waals surface area contributed by atoms with E-state index in [0.29, 0.717) is 6.61 Å². The summed E-state index contributed by atoms with van der Waals surface area (Å²) in [6.07, 6.45) is 1.73. The fraction of sp³-hybridized carbons (Fsp3) is 0.385. The lowest BCUT2D eigenvalue weighted by atomic mass is 9.87. The molecule has 0 saturated carbocycles. The molecule has 32 heavy (non-hydrogen) atoms. The van der Waals surface area contributed by atoms with Crippen LogP contribution in [0.4, 0.5) is 4.39 Å². The molecule has 0 unspecified atom stereocenters. The Bertz CT molecular complexity index is 1320. The minimum absolute atomic E-state index is 0.0533. The number of aromatic nitrogens is 3. The highest BCUT2D eigenvalue weighted by atomic mass is 19.1. The maximum absolute atomic E-state index is 13.7. The zero-order valence-corrected chi connectivity index (χ0v) is 19.8. The molecule has 5 nitrogen and oxygen atoms in total. The van der Waals surface area contributed by atoms with Gasteiger partial charge in [0.15, 0.2) is 0 Å². The van der Waals surface area contributed by atoms with E-state index in [4.69, 9.17) is 4.74 Å². The Balaban J connectivity index is 2.08. The second-order valence-corrected chi connectivity index (χ2v) is 10.1. The molecule has 4 rings (SSSR count).